The molecule has 7 heteroatoms. The van der Waals surface area contributed by atoms with E-state index in [-0.39, 0.29) is 24.4 Å². The summed E-state index contributed by atoms with van der Waals surface area (Å²) in [5.74, 6) is 0. The monoisotopic (exact) mass is 252 g/mol. The van der Waals surface area contributed by atoms with E-state index >= 15 is 0 Å². The Morgan fingerprint density at radius 3 is 2.83 bits per heavy atom. The number of carbonyl (C=O) groups excluding carboxylic acids is 1. The first-order valence-corrected chi connectivity index (χ1v) is 5.40. The fourth-order valence-corrected chi connectivity index (χ4v) is 1.80. The molecule has 1 aromatic rings. The number of ether oxygens (including phenoxy) is 1. The molecule has 0 spiro atoms. The second-order valence-corrected chi connectivity index (χ2v) is 3.91. The molecule has 0 radical (unpaired) electrons. The molecular weight excluding hydrogens is 240 g/mol. The molecule has 1 fully saturated rings. The van der Waals surface area contributed by atoms with Crippen LogP contribution in [0.25, 0.3) is 0 Å². The minimum atomic E-state index is -0.544. The largest absolute Gasteiger partial charge is 0.448 e. The molecule has 0 saturated carbocycles. The van der Waals surface area contributed by atoms with Crippen molar-refractivity contribution in [2.24, 2.45) is 0 Å². The summed E-state index contributed by atoms with van der Waals surface area (Å²) in [6, 6.07) is 4.52. The number of hydrogen-bond acceptors (Lipinski definition) is 5. The molecule has 2 rings (SSSR count). The lowest BCUT2D eigenvalue weighted by atomic mass is 10.1. The summed E-state index contributed by atoms with van der Waals surface area (Å²) >= 11 is 0. The molecular formula is C11H12N2O5. The predicted molar refractivity (Wildman–Crippen MR) is 60.8 cm³/mol. The van der Waals surface area contributed by atoms with E-state index in [0.29, 0.717) is 18.7 Å². The molecule has 1 aliphatic rings. The topological polar surface area (TPSA) is 92.9 Å². The number of benzene rings is 1. The van der Waals surface area contributed by atoms with Crippen LogP contribution >= 0.6 is 0 Å². The summed E-state index contributed by atoms with van der Waals surface area (Å²) < 4.78 is 4.77. The summed E-state index contributed by atoms with van der Waals surface area (Å²) in [5.41, 5.74) is 0.757. The number of amides is 1. The van der Waals surface area contributed by atoms with E-state index in [9.17, 15) is 14.9 Å². The molecule has 1 N–H and O–H groups in total. The van der Waals surface area contributed by atoms with Gasteiger partial charge in [0.1, 0.15) is 6.61 Å². The number of hydrogen-bond donors (Lipinski definition) is 1. The zero-order valence-corrected chi connectivity index (χ0v) is 9.54. The van der Waals surface area contributed by atoms with Crippen LogP contribution in [0.5, 0.6) is 0 Å². The average molecular weight is 252 g/mol. The number of carbonyl (C=O) groups is 1. The SMILES string of the molecule is O=C1OCCN1Cc1ccc(CO)c([N+](=O)[O-])c1. The van der Waals surface area contributed by atoms with E-state index in [1.165, 1.54) is 17.0 Å². The number of rotatable bonds is 4. The van der Waals surface area contributed by atoms with E-state index in [2.05, 4.69) is 0 Å². The summed E-state index contributed by atoms with van der Waals surface area (Å²) in [5, 5.41) is 19.8. The van der Waals surface area contributed by atoms with Crippen molar-refractivity contribution in [3.63, 3.8) is 0 Å². The van der Waals surface area contributed by atoms with E-state index < -0.39 is 11.0 Å². The van der Waals surface area contributed by atoms with E-state index in [4.69, 9.17) is 9.84 Å². The van der Waals surface area contributed by atoms with Gasteiger partial charge in [-0.1, -0.05) is 6.07 Å². The van der Waals surface area contributed by atoms with Crippen LogP contribution in [0.15, 0.2) is 18.2 Å². The standard InChI is InChI=1S/C11H12N2O5/c14-7-9-2-1-8(5-10(9)13(16)17)6-12-3-4-18-11(12)15/h1-2,5,14H,3-4,6-7H2. The van der Waals surface area contributed by atoms with Gasteiger partial charge in [-0.2, -0.15) is 0 Å². The molecule has 18 heavy (non-hydrogen) atoms. The number of nitro benzene ring substituents is 1. The number of aliphatic hydroxyl groups excluding tert-OH is 1. The van der Waals surface area contributed by atoms with Crippen molar-refractivity contribution < 1.29 is 19.6 Å². The molecule has 0 aromatic heterocycles. The Kier molecular flexibility index (Phi) is 3.42. The quantitative estimate of drug-likeness (QED) is 0.638. The average Bonchev–Trinajstić information content (AvgIpc) is 2.75. The zero-order chi connectivity index (χ0) is 13.1. The van der Waals surface area contributed by atoms with Crippen LogP contribution in [-0.2, 0) is 17.9 Å². The third kappa shape index (κ3) is 2.40. The van der Waals surface area contributed by atoms with E-state index in [0.717, 1.165) is 0 Å². The van der Waals surface area contributed by atoms with Crippen molar-refractivity contribution in [1.82, 2.24) is 4.90 Å². The van der Waals surface area contributed by atoms with Gasteiger partial charge in [0.25, 0.3) is 5.69 Å². The van der Waals surface area contributed by atoms with Crippen LogP contribution in [-0.4, -0.2) is 34.2 Å². The third-order valence-electron chi connectivity index (χ3n) is 2.74. The maximum atomic E-state index is 11.3. The van der Waals surface area contributed by atoms with Crippen molar-refractivity contribution in [1.29, 1.82) is 0 Å². The maximum absolute atomic E-state index is 11.3. The first-order valence-electron chi connectivity index (χ1n) is 5.40. The van der Waals surface area contributed by atoms with E-state index in [1.54, 1.807) is 6.07 Å². The van der Waals surface area contributed by atoms with Crippen molar-refractivity contribution in [2.75, 3.05) is 13.2 Å². The normalized spacial score (nSPS) is 14.7. The minimum Gasteiger partial charge on any atom is -0.448 e. The molecule has 0 atom stereocenters. The van der Waals surface area contributed by atoms with Gasteiger partial charge >= 0.3 is 6.09 Å². The molecule has 1 aromatic carbocycles. The third-order valence-corrected chi connectivity index (χ3v) is 2.74. The highest BCUT2D eigenvalue weighted by Gasteiger charge is 2.23. The molecule has 0 bridgehead atoms. The Morgan fingerprint density at radius 2 is 2.28 bits per heavy atom. The minimum absolute atomic E-state index is 0.137. The van der Waals surface area contributed by atoms with Gasteiger partial charge in [-0.3, -0.25) is 10.1 Å². The van der Waals surface area contributed by atoms with Gasteiger partial charge in [-0.15, -0.1) is 0 Å². The lowest BCUT2D eigenvalue weighted by molar-refractivity contribution is -0.385. The van der Waals surface area contributed by atoms with Gasteiger partial charge in [0, 0.05) is 12.6 Å². The molecule has 7 nitrogen and oxygen atoms in total. The van der Waals surface area contributed by atoms with E-state index in [1.807, 2.05) is 0 Å². The Labute approximate surface area is 103 Å². The van der Waals surface area contributed by atoms with Crippen LogP contribution in [0.1, 0.15) is 11.1 Å². The summed E-state index contributed by atoms with van der Waals surface area (Å²) in [4.78, 5) is 23.0. The zero-order valence-electron chi connectivity index (χ0n) is 9.54. The molecule has 1 aliphatic heterocycles. The second-order valence-electron chi connectivity index (χ2n) is 3.91. The maximum Gasteiger partial charge on any atom is 0.410 e. The number of aliphatic hydroxyl groups is 1. The van der Waals surface area contributed by atoms with Gasteiger partial charge in [0.2, 0.25) is 0 Å². The first-order chi connectivity index (χ1) is 8.61. The highest BCUT2D eigenvalue weighted by atomic mass is 16.6. The molecule has 0 aliphatic carbocycles. The molecule has 96 valence electrons. The fourth-order valence-electron chi connectivity index (χ4n) is 1.80. The summed E-state index contributed by atoms with van der Waals surface area (Å²) in [6.07, 6.45) is -0.413. The Balaban J connectivity index is 2.21. The van der Waals surface area contributed by atoms with Crippen molar-refractivity contribution in [2.45, 2.75) is 13.2 Å². The number of nitro groups is 1. The first kappa shape index (κ1) is 12.3. The summed E-state index contributed by atoms with van der Waals surface area (Å²) in [6.45, 7) is 0.706. The summed E-state index contributed by atoms with van der Waals surface area (Å²) in [7, 11) is 0. The van der Waals surface area contributed by atoms with Gasteiger partial charge in [-0.05, 0) is 11.6 Å². The highest BCUT2D eigenvalue weighted by molar-refractivity contribution is 5.69. The van der Waals surface area contributed by atoms with Crippen molar-refractivity contribution in [3.05, 3.63) is 39.4 Å². The van der Waals surface area contributed by atoms with Crippen LogP contribution in [0.2, 0.25) is 0 Å². The Morgan fingerprint density at radius 1 is 1.50 bits per heavy atom. The second kappa shape index (κ2) is 5.01. The molecule has 1 heterocycles. The predicted octanol–water partition coefficient (Wildman–Crippen LogP) is 1.04. The Hall–Kier alpha value is -2.15. The molecule has 0 unspecified atom stereocenters. The van der Waals surface area contributed by atoms with Crippen LogP contribution < -0.4 is 0 Å². The van der Waals surface area contributed by atoms with Gasteiger partial charge in [-0.25, -0.2) is 4.79 Å². The lowest BCUT2D eigenvalue weighted by Gasteiger charge is -2.12. The van der Waals surface area contributed by atoms with Crippen molar-refractivity contribution in [3.8, 4) is 0 Å². The lowest BCUT2D eigenvalue weighted by Crippen LogP contribution is -2.23. The number of nitrogens with zero attached hydrogens (tertiary/aromatic N) is 2. The van der Waals surface area contributed by atoms with Gasteiger partial charge < -0.3 is 14.7 Å². The molecule has 1 saturated heterocycles. The van der Waals surface area contributed by atoms with Crippen LogP contribution in [0.4, 0.5) is 10.5 Å². The number of cyclic esters (lactones) is 1. The van der Waals surface area contributed by atoms with Gasteiger partial charge in [0.05, 0.1) is 23.6 Å². The fraction of sp³-hybridized carbons (Fsp3) is 0.364. The highest BCUT2D eigenvalue weighted by Crippen LogP contribution is 2.22. The smallest absolute Gasteiger partial charge is 0.410 e. The van der Waals surface area contributed by atoms with Crippen LogP contribution in [0.3, 0.4) is 0 Å². The van der Waals surface area contributed by atoms with Gasteiger partial charge in [0.15, 0.2) is 0 Å². The Bertz CT molecular complexity index is 488. The van der Waals surface area contributed by atoms with Crippen molar-refractivity contribution >= 4 is 11.8 Å². The van der Waals surface area contributed by atoms with Crippen LogP contribution in [0, 0.1) is 10.1 Å². The molecule has 1 amide bonds.